The van der Waals surface area contributed by atoms with Gasteiger partial charge in [-0.1, -0.05) is 58.7 Å². The fourth-order valence-electron chi connectivity index (χ4n) is 4.01. The quantitative estimate of drug-likeness (QED) is 0.0571. The molecule has 0 bridgehead atoms. The van der Waals surface area contributed by atoms with Crippen molar-refractivity contribution < 1.29 is 57.2 Å². The van der Waals surface area contributed by atoms with Gasteiger partial charge in [-0.15, -0.1) is 0 Å². The molecule has 296 valence electrons. The summed E-state index contributed by atoms with van der Waals surface area (Å²) in [4.78, 5) is 74.9. The van der Waals surface area contributed by atoms with Gasteiger partial charge in [0.25, 0.3) is 0 Å². The molecule has 0 fully saturated rings. The highest BCUT2D eigenvalue weighted by molar-refractivity contribution is 5.89. The number of ether oxygens (including phenoxy) is 5. The molecule has 1 unspecified atom stereocenters. The van der Waals surface area contributed by atoms with Crippen molar-refractivity contribution in [3.8, 4) is 0 Å². The Kier molecular flexibility index (Phi) is 29.4. The Morgan fingerprint density at radius 3 is 1.67 bits per heavy atom. The highest BCUT2D eigenvalue weighted by atomic mass is 16.6. The van der Waals surface area contributed by atoms with Gasteiger partial charge in [0.05, 0.1) is 29.6 Å². The van der Waals surface area contributed by atoms with E-state index in [0.29, 0.717) is 37.9 Å². The van der Waals surface area contributed by atoms with E-state index in [1.54, 1.807) is 24.3 Å². The Bertz CT molecular complexity index is 1170. The van der Waals surface area contributed by atoms with Crippen LogP contribution in [0.2, 0.25) is 0 Å². The first kappa shape index (κ1) is 50.1. The number of carbonyl (C=O) groups is 5. The summed E-state index contributed by atoms with van der Waals surface area (Å²) in [6.07, 6.45) is 10.4. The van der Waals surface area contributed by atoms with E-state index in [2.05, 4.69) is 6.92 Å². The zero-order chi connectivity index (χ0) is 39.8. The predicted molar refractivity (Wildman–Crippen MR) is 195 cm³/mol. The second-order valence-corrected chi connectivity index (χ2v) is 13.5. The molecule has 0 saturated heterocycles. The van der Waals surface area contributed by atoms with Gasteiger partial charge in [0, 0.05) is 12.8 Å². The third-order valence-corrected chi connectivity index (χ3v) is 8.36. The van der Waals surface area contributed by atoms with Crippen LogP contribution in [-0.2, 0) is 52.5 Å². The number of hydrogen-bond acceptors (Lipinski definition) is 12. The monoisotopic (exact) mass is 736 g/mol. The second-order valence-electron chi connectivity index (χ2n) is 13.5. The van der Waals surface area contributed by atoms with Gasteiger partial charge in [0.2, 0.25) is 0 Å². The van der Waals surface area contributed by atoms with E-state index in [4.69, 9.17) is 33.3 Å². The van der Waals surface area contributed by atoms with Gasteiger partial charge in [-0.3, -0.25) is 19.2 Å². The van der Waals surface area contributed by atoms with Crippen molar-refractivity contribution in [1.82, 2.24) is 0 Å². The predicted octanol–water partition coefficient (Wildman–Crippen LogP) is 7.99. The number of unbranched alkanes of at least 4 members (excludes halogenated alkanes) is 4. The topological polar surface area (TPSA) is 166 Å². The maximum Gasteiger partial charge on any atom is 0.373 e. The third-order valence-electron chi connectivity index (χ3n) is 8.36. The Hall–Kier alpha value is -4.05. The molecule has 52 heavy (non-hydrogen) atoms. The minimum atomic E-state index is -0.497. The van der Waals surface area contributed by atoms with Crippen LogP contribution in [-0.4, -0.2) is 68.5 Å². The van der Waals surface area contributed by atoms with Crippen LogP contribution in [0.15, 0.2) is 30.3 Å². The van der Waals surface area contributed by atoms with Crippen molar-refractivity contribution in [2.24, 2.45) is 10.8 Å². The lowest BCUT2D eigenvalue weighted by Crippen LogP contribution is -2.27. The van der Waals surface area contributed by atoms with Crippen LogP contribution in [0.3, 0.4) is 0 Å². The molecular weight excluding hydrogens is 672 g/mol. The molecule has 0 amide bonds. The van der Waals surface area contributed by atoms with E-state index >= 15 is 0 Å². The smallest absolute Gasteiger partial charge is 0.373 e. The molecule has 1 aromatic rings. The van der Waals surface area contributed by atoms with Gasteiger partial charge >= 0.3 is 36.0 Å². The fraction of sp³-hybridized carbons (Fsp3) is 0.700. The summed E-state index contributed by atoms with van der Waals surface area (Å²) < 4.78 is 26.0. The van der Waals surface area contributed by atoms with Crippen LogP contribution in [0.5, 0.6) is 0 Å². The molecule has 12 heteroatoms. The first-order chi connectivity index (χ1) is 24.6. The summed E-state index contributed by atoms with van der Waals surface area (Å²) in [5.41, 5.74) is -0.495. The lowest BCUT2D eigenvalue weighted by atomic mass is 9.91. The zero-order valence-corrected chi connectivity index (χ0v) is 32.9. The number of benzene rings is 1. The molecule has 0 N–H and O–H groups in total. The van der Waals surface area contributed by atoms with E-state index in [-0.39, 0.29) is 62.4 Å². The first-order valence-electron chi connectivity index (χ1n) is 18.6. The molecule has 0 aromatic heterocycles. The summed E-state index contributed by atoms with van der Waals surface area (Å²) >= 11 is 0. The molecule has 12 nitrogen and oxygen atoms in total. The van der Waals surface area contributed by atoms with Gasteiger partial charge in [-0.2, -0.15) is 9.59 Å². The summed E-state index contributed by atoms with van der Waals surface area (Å²) in [6.45, 7) is 16.2. The largest absolute Gasteiger partial charge is 0.466 e. The molecule has 1 rings (SSSR count). The Balaban J connectivity index is 0. The molecule has 0 aliphatic rings. The van der Waals surface area contributed by atoms with E-state index < -0.39 is 16.8 Å². The van der Waals surface area contributed by atoms with Gasteiger partial charge in [0.15, 0.2) is 0 Å². The number of rotatable bonds is 24. The summed E-state index contributed by atoms with van der Waals surface area (Å²) in [7, 11) is 0. The van der Waals surface area contributed by atoms with Crippen LogP contribution in [0.25, 0.3) is 0 Å². The highest BCUT2D eigenvalue weighted by Crippen LogP contribution is 2.22. The standard InChI is InChI=1S/C24H44O6.C15H20O4.CO2/c1-6-9-11-15-20(7-2)30-22(26)16-12-10-13-18-28-21(25)17-14-19-29-23(27)24(4,5)8-3;1-4-15(2,3)14(17)19-11-10-18-13(16)12-8-6-5-7-9-12;2-1-3/h20H,6-19H2,1-5H3;5-9H,4,10-11H2,1-3H3;. The summed E-state index contributed by atoms with van der Waals surface area (Å²) in [6, 6.07) is 8.70. The molecule has 0 saturated carbocycles. The molecule has 0 aliphatic heterocycles. The van der Waals surface area contributed by atoms with Crippen LogP contribution in [0.1, 0.15) is 149 Å². The van der Waals surface area contributed by atoms with Crippen molar-refractivity contribution in [2.75, 3.05) is 26.4 Å². The van der Waals surface area contributed by atoms with Crippen LogP contribution in [0.4, 0.5) is 0 Å². The lowest BCUT2D eigenvalue weighted by molar-refractivity contribution is -0.191. The van der Waals surface area contributed by atoms with Crippen molar-refractivity contribution in [1.29, 1.82) is 0 Å². The SMILES string of the molecule is CCC(C)(C)C(=O)OCCOC(=O)c1ccccc1.CCCCCC(CC)OC(=O)CCCCCOC(=O)CCCOC(=O)C(C)(C)CC.O=C=O. The number of esters is 5. The van der Waals surface area contributed by atoms with Crippen molar-refractivity contribution in [3.63, 3.8) is 0 Å². The van der Waals surface area contributed by atoms with Crippen molar-refractivity contribution in [3.05, 3.63) is 35.9 Å². The average Bonchev–Trinajstić information content (AvgIpc) is 3.13. The highest BCUT2D eigenvalue weighted by Gasteiger charge is 2.27. The van der Waals surface area contributed by atoms with Gasteiger partial charge in [-0.05, 0) is 97.6 Å². The van der Waals surface area contributed by atoms with E-state index in [1.807, 2.05) is 54.5 Å². The Labute approximate surface area is 311 Å². The maximum atomic E-state index is 11.9. The van der Waals surface area contributed by atoms with Crippen LogP contribution >= 0.6 is 0 Å². The fourth-order valence-corrected chi connectivity index (χ4v) is 4.01. The normalized spacial score (nSPS) is 11.2. The molecule has 1 atom stereocenters. The van der Waals surface area contributed by atoms with E-state index in [0.717, 1.165) is 38.5 Å². The average molecular weight is 737 g/mol. The van der Waals surface area contributed by atoms with Gasteiger partial charge in [0.1, 0.15) is 19.3 Å². The minimum absolute atomic E-state index is 0.0392. The van der Waals surface area contributed by atoms with Crippen molar-refractivity contribution >= 4 is 36.0 Å². The molecule has 0 aliphatic carbocycles. The molecule has 0 spiro atoms. The second kappa shape index (κ2) is 30.6. The van der Waals surface area contributed by atoms with E-state index in [1.165, 1.54) is 12.8 Å². The minimum Gasteiger partial charge on any atom is -0.466 e. The summed E-state index contributed by atoms with van der Waals surface area (Å²) in [5, 5.41) is 0. The Morgan fingerprint density at radius 1 is 0.615 bits per heavy atom. The van der Waals surface area contributed by atoms with Gasteiger partial charge < -0.3 is 23.7 Å². The molecule has 0 heterocycles. The van der Waals surface area contributed by atoms with Crippen molar-refractivity contribution in [2.45, 2.75) is 145 Å². The van der Waals surface area contributed by atoms with Crippen LogP contribution in [0, 0.1) is 10.8 Å². The molecule has 0 radical (unpaired) electrons. The lowest BCUT2D eigenvalue weighted by Gasteiger charge is -2.20. The van der Waals surface area contributed by atoms with E-state index in [9.17, 15) is 24.0 Å². The van der Waals surface area contributed by atoms with Crippen LogP contribution < -0.4 is 0 Å². The molecule has 1 aromatic carbocycles. The Morgan fingerprint density at radius 2 is 1.13 bits per heavy atom. The molecular formula is C40H64O12. The summed E-state index contributed by atoms with van der Waals surface area (Å²) in [5.74, 6) is -1.32. The first-order valence-corrected chi connectivity index (χ1v) is 18.6. The number of carbonyl (C=O) groups excluding carboxylic acids is 7. The number of hydrogen-bond donors (Lipinski definition) is 0. The van der Waals surface area contributed by atoms with Gasteiger partial charge in [-0.25, -0.2) is 4.79 Å². The maximum absolute atomic E-state index is 11.9. The third kappa shape index (κ3) is 25.8. The zero-order valence-electron chi connectivity index (χ0n) is 32.9.